The van der Waals surface area contributed by atoms with E-state index in [9.17, 15) is 9.59 Å². The molecule has 2 rings (SSSR count). The SMILES string of the molecule is NCCC(=O)Nc1ccccc1NC(=O)c1ccccc1Cl. The van der Waals surface area contributed by atoms with Crippen LogP contribution in [-0.4, -0.2) is 18.4 Å². The molecule has 2 amide bonds. The van der Waals surface area contributed by atoms with Crippen LogP contribution in [0.5, 0.6) is 0 Å². The van der Waals surface area contributed by atoms with E-state index in [0.717, 1.165) is 0 Å². The molecule has 0 heterocycles. The normalized spacial score (nSPS) is 10.1. The summed E-state index contributed by atoms with van der Waals surface area (Å²) in [5, 5.41) is 5.83. The van der Waals surface area contributed by atoms with Crippen molar-refractivity contribution in [1.29, 1.82) is 0 Å². The van der Waals surface area contributed by atoms with Gasteiger partial charge in [-0.2, -0.15) is 0 Å². The van der Waals surface area contributed by atoms with E-state index in [1.54, 1.807) is 48.5 Å². The first kappa shape index (κ1) is 16.0. The highest BCUT2D eigenvalue weighted by atomic mass is 35.5. The van der Waals surface area contributed by atoms with Gasteiger partial charge >= 0.3 is 0 Å². The summed E-state index contributed by atoms with van der Waals surface area (Å²) in [6.45, 7) is 0.264. The van der Waals surface area contributed by atoms with Crippen LogP contribution in [0.2, 0.25) is 5.02 Å². The Morgan fingerprint density at radius 2 is 1.55 bits per heavy atom. The Kier molecular flexibility index (Phi) is 5.52. The van der Waals surface area contributed by atoms with Crippen LogP contribution in [0, 0.1) is 0 Å². The van der Waals surface area contributed by atoms with Gasteiger partial charge in [-0.15, -0.1) is 0 Å². The van der Waals surface area contributed by atoms with E-state index >= 15 is 0 Å². The number of anilines is 2. The largest absolute Gasteiger partial charge is 0.330 e. The molecule has 0 spiro atoms. The highest BCUT2D eigenvalue weighted by Crippen LogP contribution is 2.23. The molecule has 0 unspecified atom stereocenters. The number of carbonyl (C=O) groups is 2. The second-order valence-corrected chi connectivity index (χ2v) is 4.97. The van der Waals surface area contributed by atoms with E-state index in [2.05, 4.69) is 10.6 Å². The van der Waals surface area contributed by atoms with Crippen LogP contribution < -0.4 is 16.4 Å². The average Bonchev–Trinajstić information content (AvgIpc) is 2.50. The van der Waals surface area contributed by atoms with Crippen LogP contribution in [0.25, 0.3) is 0 Å². The molecular formula is C16H16ClN3O2. The van der Waals surface area contributed by atoms with Crippen molar-refractivity contribution in [3.8, 4) is 0 Å². The maximum absolute atomic E-state index is 12.3. The molecule has 22 heavy (non-hydrogen) atoms. The van der Waals surface area contributed by atoms with Crippen molar-refractivity contribution in [2.75, 3.05) is 17.2 Å². The summed E-state index contributed by atoms with van der Waals surface area (Å²) in [5.41, 5.74) is 6.73. The van der Waals surface area contributed by atoms with Gasteiger partial charge in [-0.05, 0) is 24.3 Å². The van der Waals surface area contributed by atoms with Crippen molar-refractivity contribution in [2.24, 2.45) is 5.73 Å². The molecule has 6 heteroatoms. The number of rotatable bonds is 5. The zero-order valence-electron chi connectivity index (χ0n) is 11.8. The van der Waals surface area contributed by atoms with Crippen LogP contribution in [0.1, 0.15) is 16.8 Å². The molecule has 0 bridgehead atoms. The van der Waals surface area contributed by atoms with Crippen molar-refractivity contribution in [2.45, 2.75) is 6.42 Å². The zero-order valence-corrected chi connectivity index (χ0v) is 12.6. The molecule has 0 aromatic heterocycles. The van der Waals surface area contributed by atoms with E-state index in [4.69, 9.17) is 17.3 Å². The third kappa shape index (κ3) is 4.07. The predicted molar refractivity (Wildman–Crippen MR) is 88.1 cm³/mol. The molecule has 0 fully saturated rings. The van der Waals surface area contributed by atoms with E-state index in [0.29, 0.717) is 22.0 Å². The molecule has 0 aliphatic heterocycles. The van der Waals surface area contributed by atoms with Gasteiger partial charge in [-0.25, -0.2) is 0 Å². The van der Waals surface area contributed by atoms with Gasteiger partial charge in [0.15, 0.2) is 0 Å². The first-order valence-corrected chi connectivity index (χ1v) is 7.14. The van der Waals surface area contributed by atoms with E-state index in [1.165, 1.54) is 0 Å². The number of amides is 2. The van der Waals surface area contributed by atoms with Crippen molar-refractivity contribution in [3.05, 3.63) is 59.1 Å². The van der Waals surface area contributed by atoms with Gasteiger partial charge in [-0.3, -0.25) is 9.59 Å². The standard InChI is InChI=1S/C16H16ClN3O2/c17-12-6-2-1-5-11(12)16(22)20-14-8-4-3-7-13(14)19-15(21)9-10-18/h1-8H,9-10,18H2,(H,19,21)(H,20,22). The van der Waals surface area contributed by atoms with Crippen LogP contribution in [0.4, 0.5) is 11.4 Å². The number of para-hydroxylation sites is 2. The van der Waals surface area contributed by atoms with Crippen molar-refractivity contribution in [3.63, 3.8) is 0 Å². The minimum absolute atomic E-state index is 0.207. The maximum atomic E-state index is 12.3. The molecule has 0 radical (unpaired) electrons. The Bertz CT molecular complexity index is 689. The molecule has 2 aromatic rings. The van der Waals surface area contributed by atoms with Crippen LogP contribution in [-0.2, 0) is 4.79 Å². The smallest absolute Gasteiger partial charge is 0.257 e. The number of hydrogen-bond acceptors (Lipinski definition) is 3. The lowest BCUT2D eigenvalue weighted by Crippen LogP contribution is -2.18. The summed E-state index contributed by atoms with van der Waals surface area (Å²) in [5.74, 6) is -0.548. The molecule has 0 atom stereocenters. The number of benzene rings is 2. The fourth-order valence-electron chi connectivity index (χ4n) is 1.88. The minimum Gasteiger partial charge on any atom is -0.330 e. The van der Waals surface area contributed by atoms with Gasteiger partial charge in [0, 0.05) is 13.0 Å². The Hall–Kier alpha value is -2.37. The molecule has 0 aliphatic rings. The molecule has 4 N–H and O–H groups in total. The number of halogens is 1. The lowest BCUT2D eigenvalue weighted by atomic mass is 10.2. The quantitative estimate of drug-likeness (QED) is 0.792. The first-order valence-electron chi connectivity index (χ1n) is 6.76. The number of nitrogens with two attached hydrogens (primary N) is 1. The van der Waals surface area contributed by atoms with Gasteiger partial charge in [0.2, 0.25) is 5.91 Å². The summed E-state index contributed by atoms with van der Waals surface area (Å²) >= 11 is 6.01. The number of carbonyl (C=O) groups excluding carboxylic acids is 2. The summed E-state index contributed by atoms with van der Waals surface area (Å²) < 4.78 is 0. The van der Waals surface area contributed by atoms with Gasteiger partial charge in [-0.1, -0.05) is 35.9 Å². The Labute approximate surface area is 133 Å². The summed E-state index contributed by atoms with van der Waals surface area (Å²) in [6.07, 6.45) is 0.215. The van der Waals surface area contributed by atoms with Gasteiger partial charge < -0.3 is 16.4 Å². The van der Waals surface area contributed by atoms with E-state index < -0.39 is 0 Å². The van der Waals surface area contributed by atoms with Gasteiger partial charge in [0.25, 0.3) is 5.91 Å². The number of nitrogens with one attached hydrogen (secondary N) is 2. The summed E-state index contributed by atoms with van der Waals surface area (Å²) in [4.78, 5) is 23.9. The minimum atomic E-state index is -0.342. The van der Waals surface area contributed by atoms with Crippen molar-refractivity contribution < 1.29 is 9.59 Å². The molecule has 0 aliphatic carbocycles. The lowest BCUT2D eigenvalue weighted by molar-refractivity contribution is -0.116. The molecular weight excluding hydrogens is 302 g/mol. The van der Waals surface area contributed by atoms with Gasteiger partial charge in [0.1, 0.15) is 0 Å². The van der Waals surface area contributed by atoms with E-state index in [1.807, 2.05) is 0 Å². The van der Waals surface area contributed by atoms with Crippen LogP contribution in [0.15, 0.2) is 48.5 Å². The molecule has 0 saturated heterocycles. The van der Waals surface area contributed by atoms with E-state index in [-0.39, 0.29) is 24.8 Å². The highest BCUT2D eigenvalue weighted by Gasteiger charge is 2.12. The second-order valence-electron chi connectivity index (χ2n) is 4.57. The molecule has 2 aromatic carbocycles. The van der Waals surface area contributed by atoms with Gasteiger partial charge in [0.05, 0.1) is 22.0 Å². The highest BCUT2D eigenvalue weighted by molar-refractivity contribution is 6.34. The average molecular weight is 318 g/mol. The fourth-order valence-corrected chi connectivity index (χ4v) is 2.10. The molecule has 114 valence electrons. The third-order valence-corrected chi connectivity index (χ3v) is 3.27. The topological polar surface area (TPSA) is 84.2 Å². The van der Waals surface area contributed by atoms with Crippen LogP contribution in [0.3, 0.4) is 0 Å². The van der Waals surface area contributed by atoms with Crippen LogP contribution >= 0.6 is 11.6 Å². The zero-order chi connectivity index (χ0) is 15.9. The number of hydrogen-bond donors (Lipinski definition) is 3. The van der Waals surface area contributed by atoms with Crippen molar-refractivity contribution >= 4 is 34.8 Å². The first-order chi connectivity index (χ1) is 10.6. The lowest BCUT2D eigenvalue weighted by Gasteiger charge is -2.12. The Morgan fingerprint density at radius 1 is 0.955 bits per heavy atom. The molecule has 5 nitrogen and oxygen atoms in total. The Morgan fingerprint density at radius 3 is 2.18 bits per heavy atom. The Balaban J connectivity index is 2.18. The maximum Gasteiger partial charge on any atom is 0.257 e. The van der Waals surface area contributed by atoms with Crippen molar-refractivity contribution in [1.82, 2.24) is 0 Å². The molecule has 0 saturated carbocycles. The summed E-state index contributed by atoms with van der Waals surface area (Å²) in [6, 6.07) is 13.7. The third-order valence-electron chi connectivity index (χ3n) is 2.94. The summed E-state index contributed by atoms with van der Waals surface area (Å²) in [7, 11) is 0. The monoisotopic (exact) mass is 317 g/mol. The fraction of sp³-hybridized carbons (Fsp3) is 0.125. The predicted octanol–water partition coefficient (Wildman–Crippen LogP) is 2.88. The second kappa shape index (κ2) is 7.59.